The smallest absolute Gasteiger partial charge is 0.377 e. The maximum absolute atomic E-state index is 5.44. The molecule has 2 rings (SSSR count). The Morgan fingerprint density at radius 3 is 2.37 bits per heavy atom. The summed E-state index contributed by atoms with van der Waals surface area (Å²) in [5.41, 5.74) is 1.20. The molecule has 1 aromatic heterocycles. The second kappa shape index (κ2) is 6.25. The number of rotatable bonds is 6. The second-order valence-electron chi connectivity index (χ2n) is 4.32. The summed E-state index contributed by atoms with van der Waals surface area (Å²) in [7, 11) is 2.40. The highest BCUT2D eigenvalue weighted by molar-refractivity contribution is 6.60. The van der Waals surface area contributed by atoms with Gasteiger partial charge in [-0.25, -0.2) is 0 Å². The third-order valence-electron chi connectivity index (χ3n) is 3.38. The van der Waals surface area contributed by atoms with Gasteiger partial charge in [0.2, 0.25) is 0 Å². The third-order valence-corrected chi connectivity index (χ3v) is 6.11. The van der Waals surface area contributed by atoms with Gasteiger partial charge in [0.05, 0.1) is 0 Å². The Kier molecular flexibility index (Phi) is 4.65. The van der Waals surface area contributed by atoms with Crippen molar-refractivity contribution in [1.82, 2.24) is 4.98 Å². The Labute approximate surface area is 114 Å². The van der Waals surface area contributed by atoms with Crippen molar-refractivity contribution < 1.29 is 13.3 Å². The maximum Gasteiger partial charge on any atom is 0.500 e. The highest BCUT2D eigenvalue weighted by atomic mass is 28.4. The van der Waals surface area contributed by atoms with Gasteiger partial charge in [0.1, 0.15) is 0 Å². The number of aryl methyl sites for hydroxylation is 1. The lowest BCUT2D eigenvalue weighted by atomic mass is 10.1. The number of pyridine rings is 1. The fraction of sp³-hybridized carbons (Fsp3) is 0.357. The lowest BCUT2D eigenvalue weighted by molar-refractivity contribution is 0.124. The predicted octanol–water partition coefficient (Wildman–Crippen LogP) is 2.66. The molecule has 0 aliphatic carbocycles. The van der Waals surface area contributed by atoms with Gasteiger partial charge in [0.15, 0.2) is 0 Å². The lowest BCUT2D eigenvalue weighted by Crippen LogP contribution is -2.43. The van der Waals surface area contributed by atoms with Crippen LogP contribution in [0.1, 0.15) is 5.56 Å². The summed E-state index contributed by atoms with van der Waals surface area (Å²) in [5, 5.41) is 2.38. The van der Waals surface area contributed by atoms with Crippen LogP contribution in [-0.2, 0) is 19.7 Å². The van der Waals surface area contributed by atoms with Crippen LogP contribution in [0.15, 0.2) is 36.7 Å². The molecule has 0 atom stereocenters. The number of benzene rings is 1. The average molecular weight is 277 g/mol. The summed E-state index contributed by atoms with van der Waals surface area (Å²) in [6.07, 6.45) is 4.62. The van der Waals surface area contributed by atoms with Gasteiger partial charge in [-0.1, -0.05) is 24.3 Å². The first-order valence-corrected chi connectivity index (χ1v) is 8.15. The van der Waals surface area contributed by atoms with Crippen molar-refractivity contribution in [3.05, 3.63) is 42.2 Å². The Hall–Kier alpha value is -1.27. The van der Waals surface area contributed by atoms with E-state index in [1.165, 1.54) is 10.9 Å². The summed E-state index contributed by atoms with van der Waals surface area (Å²) < 4.78 is 16.3. The van der Waals surface area contributed by atoms with Gasteiger partial charge >= 0.3 is 8.80 Å². The molecule has 0 spiro atoms. The van der Waals surface area contributed by atoms with Gasteiger partial charge in [0, 0.05) is 45.2 Å². The van der Waals surface area contributed by atoms with Crippen LogP contribution in [-0.4, -0.2) is 35.1 Å². The topological polar surface area (TPSA) is 40.6 Å². The molecule has 0 fully saturated rings. The molecule has 1 heterocycles. The third kappa shape index (κ3) is 3.01. The summed E-state index contributed by atoms with van der Waals surface area (Å²) >= 11 is 0. The molecule has 0 radical (unpaired) electrons. The van der Waals surface area contributed by atoms with Gasteiger partial charge < -0.3 is 13.3 Å². The summed E-state index contributed by atoms with van der Waals surface area (Å²) in [6, 6.07) is 8.99. The molecule has 102 valence electrons. The van der Waals surface area contributed by atoms with Crippen LogP contribution < -0.4 is 0 Å². The highest BCUT2D eigenvalue weighted by Gasteiger charge is 2.37. The number of nitrogens with zero attached hydrogens (tertiary/aromatic N) is 1. The first-order valence-electron chi connectivity index (χ1n) is 6.22. The van der Waals surface area contributed by atoms with Gasteiger partial charge in [0.25, 0.3) is 0 Å². The Morgan fingerprint density at radius 2 is 1.68 bits per heavy atom. The van der Waals surface area contributed by atoms with Gasteiger partial charge in [-0.15, -0.1) is 0 Å². The number of fused-ring (bicyclic) bond motifs is 1. The Balaban J connectivity index is 2.22. The standard InChI is InChI=1S/C14H19NO3Si/c1-16-19(17-2,18-3)9-8-13-11-15-10-12-6-4-5-7-14(12)13/h4-7,10-11H,8-9H2,1-3H3. The molecular weight excluding hydrogens is 258 g/mol. The minimum absolute atomic E-state index is 0.742. The number of hydrogen-bond acceptors (Lipinski definition) is 4. The van der Waals surface area contributed by atoms with Crippen LogP contribution >= 0.6 is 0 Å². The van der Waals surface area contributed by atoms with Gasteiger partial charge in [-0.3, -0.25) is 4.98 Å². The predicted molar refractivity (Wildman–Crippen MR) is 77.0 cm³/mol. The summed E-state index contributed by atoms with van der Waals surface area (Å²) in [5.74, 6) is 0. The summed E-state index contributed by atoms with van der Waals surface area (Å²) in [6.45, 7) is 0. The zero-order valence-electron chi connectivity index (χ0n) is 11.6. The van der Waals surface area contributed by atoms with Gasteiger partial charge in [-0.05, 0) is 17.4 Å². The van der Waals surface area contributed by atoms with E-state index in [0.29, 0.717) is 0 Å². The lowest BCUT2D eigenvalue weighted by Gasteiger charge is -2.24. The van der Waals surface area contributed by atoms with Crippen LogP contribution in [0.3, 0.4) is 0 Å². The van der Waals surface area contributed by atoms with E-state index in [2.05, 4.69) is 17.1 Å². The van der Waals surface area contributed by atoms with E-state index < -0.39 is 8.80 Å². The molecule has 19 heavy (non-hydrogen) atoms. The fourth-order valence-electron chi connectivity index (χ4n) is 2.22. The van der Waals surface area contributed by atoms with E-state index in [1.807, 2.05) is 24.5 Å². The van der Waals surface area contributed by atoms with Crippen molar-refractivity contribution in [2.75, 3.05) is 21.3 Å². The molecular formula is C14H19NO3Si. The van der Waals surface area contributed by atoms with Crippen LogP contribution in [0.5, 0.6) is 0 Å². The molecule has 1 aromatic carbocycles. The maximum atomic E-state index is 5.44. The Morgan fingerprint density at radius 1 is 1.00 bits per heavy atom. The van der Waals surface area contributed by atoms with Crippen molar-refractivity contribution in [3.8, 4) is 0 Å². The molecule has 0 amide bonds. The van der Waals surface area contributed by atoms with Crippen molar-refractivity contribution in [1.29, 1.82) is 0 Å². The van der Waals surface area contributed by atoms with Crippen molar-refractivity contribution in [3.63, 3.8) is 0 Å². The van der Waals surface area contributed by atoms with Crippen LogP contribution in [0.2, 0.25) is 6.04 Å². The van der Waals surface area contributed by atoms with E-state index in [9.17, 15) is 0 Å². The van der Waals surface area contributed by atoms with E-state index in [1.54, 1.807) is 21.3 Å². The SMILES string of the molecule is CO[Si](CCc1cncc2ccccc12)(OC)OC. The van der Waals surface area contributed by atoms with E-state index in [0.717, 1.165) is 17.9 Å². The van der Waals surface area contributed by atoms with Crippen LogP contribution in [0.4, 0.5) is 0 Å². The first-order chi connectivity index (χ1) is 9.24. The Bertz CT molecular complexity index is 529. The minimum atomic E-state index is -2.52. The van der Waals surface area contributed by atoms with E-state index in [-0.39, 0.29) is 0 Å². The molecule has 0 aliphatic heterocycles. The zero-order chi connectivity index (χ0) is 13.7. The van der Waals surface area contributed by atoms with E-state index >= 15 is 0 Å². The van der Waals surface area contributed by atoms with Crippen molar-refractivity contribution >= 4 is 19.6 Å². The van der Waals surface area contributed by atoms with Crippen LogP contribution in [0, 0.1) is 0 Å². The second-order valence-corrected chi connectivity index (χ2v) is 7.41. The average Bonchev–Trinajstić information content (AvgIpc) is 2.49. The van der Waals surface area contributed by atoms with Crippen molar-refractivity contribution in [2.24, 2.45) is 0 Å². The quantitative estimate of drug-likeness (QED) is 0.761. The van der Waals surface area contributed by atoms with Crippen LogP contribution in [0.25, 0.3) is 10.8 Å². The normalized spacial score (nSPS) is 11.9. The molecule has 5 heteroatoms. The molecule has 0 bridgehead atoms. The summed E-state index contributed by atoms with van der Waals surface area (Å²) in [4.78, 5) is 4.28. The molecule has 0 unspecified atom stereocenters. The van der Waals surface area contributed by atoms with E-state index in [4.69, 9.17) is 13.3 Å². The number of hydrogen-bond donors (Lipinski definition) is 0. The largest absolute Gasteiger partial charge is 0.500 e. The molecule has 0 aliphatic rings. The fourth-order valence-corrected chi connectivity index (χ4v) is 3.91. The molecule has 2 aromatic rings. The number of aromatic nitrogens is 1. The van der Waals surface area contributed by atoms with Crippen molar-refractivity contribution in [2.45, 2.75) is 12.5 Å². The van der Waals surface area contributed by atoms with Gasteiger partial charge in [-0.2, -0.15) is 0 Å². The first kappa shape index (κ1) is 14.1. The molecule has 0 N–H and O–H groups in total. The molecule has 4 nitrogen and oxygen atoms in total. The monoisotopic (exact) mass is 277 g/mol. The highest BCUT2D eigenvalue weighted by Crippen LogP contribution is 2.22. The molecule has 0 saturated heterocycles. The molecule has 0 saturated carbocycles. The zero-order valence-corrected chi connectivity index (χ0v) is 12.6. The minimum Gasteiger partial charge on any atom is -0.377 e.